The number of hydrogen-bond acceptors (Lipinski definition) is 10. The Morgan fingerprint density at radius 1 is 0.979 bits per heavy atom. The van der Waals surface area contributed by atoms with E-state index >= 15 is 0 Å². The summed E-state index contributed by atoms with van der Waals surface area (Å²) in [7, 11) is 3.10. The first kappa shape index (κ1) is 33.7. The van der Waals surface area contributed by atoms with Crippen molar-refractivity contribution in [3.8, 4) is 28.7 Å². The van der Waals surface area contributed by atoms with Gasteiger partial charge in [0.15, 0.2) is 11.5 Å². The van der Waals surface area contributed by atoms with Gasteiger partial charge in [0.25, 0.3) is 0 Å². The van der Waals surface area contributed by atoms with Crippen LogP contribution < -0.4 is 29.0 Å². The number of carbonyl (C=O) groups is 2. The molecule has 259 valence electrons. The summed E-state index contributed by atoms with van der Waals surface area (Å²) in [5.74, 6) is 1.74. The summed E-state index contributed by atoms with van der Waals surface area (Å²) in [4.78, 5) is 26.8. The van der Waals surface area contributed by atoms with Gasteiger partial charge in [0, 0.05) is 53.1 Å². The molecule has 5 atom stereocenters. The quantitative estimate of drug-likeness (QED) is 0.295. The van der Waals surface area contributed by atoms with E-state index in [0.717, 1.165) is 21.8 Å². The third-order valence-electron chi connectivity index (χ3n) is 9.80. The average Bonchev–Trinajstić information content (AvgIpc) is 3.47. The summed E-state index contributed by atoms with van der Waals surface area (Å²) >= 11 is 0. The number of nitrogens with zero attached hydrogens (tertiary/aromatic N) is 1. The standard InChI is InChI=1S/C36H45N2O10/c1-18(2)25-13-23-24(46-25)11-10-21-31(23)47-29-17-44-26-14-28(43-9)27(42-8)12-22(26)30(29)32(21)48-33(39)19(3)37-34(40)45-20-15-35(4,5)38(41)36(6,7)16-20/h10-12,14,19-20,25,29-30,32H,1,13,15-17H2,2-9H3,(H,37,40)/t19-,25+,29+,30-,32+/m0/s1. The number of alkyl carbamates (subject to hydrolysis) is 1. The lowest BCUT2D eigenvalue weighted by Crippen LogP contribution is -2.60. The van der Waals surface area contributed by atoms with Gasteiger partial charge < -0.3 is 38.5 Å². The van der Waals surface area contributed by atoms with Gasteiger partial charge >= 0.3 is 12.1 Å². The van der Waals surface area contributed by atoms with Crippen LogP contribution in [-0.4, -0.2) is 73.4 Å². The highest BCUT2D eigenvalue weighted by molar-refractivity contribution is 5.81. The van der Waals surface area contributed by atoms with Crippen LogP contribution in [0.4, 0.5) is 4.79 Å². The van der Waals surface area contributed by atoms with Gasteiger partial charge in [-0.15, -0.1) is 10.3 Å². The predicted molar refractivity (Wildman–Crippen MR) is 173 cm³/mol. The highest BCUT2D eigenvalue weighted by Gasteiger charge is 2.49. The molecular formula is C36H45N2O10. The molecular weight excluding hydrogens is 620 g/mol. The largest absolute Gasteiger partial charge is 0.493 e. The van der Waals surface area contributed by atoms with Crippen molar-refractivity contribution in [1.82, 2.24) is 10.4 Å². The highest BCUT2D eigenvalue weighted by atomic mass is 16.6. The third-order valence-corrected chi connectivity index (χ3v) is 9.80. The van der Waals surface area contributed by atoms with Crippen molar-refractivity contribution in [2.24, 2.45) is 0 Å². The van der Waals surface area contributed by atoms with E-state index in [0.29, 0.717) is 53.6 Å². The Labute approximate surface area is 281 Å². The molecule has 0 spiro atoms. The molecule has 0 unspecified atom stereocenters. The minimum atomic E-state index is -1.04. The van der Waals surface area contributed by atoms with Gasteiger partial charge in [0.05, 0.1) is 20.1 Å². The lowest BCUT2D eigenvalue weighted by atomic mass is 9.79. The van der Waals surface area contributed by atoms with Gasteiger partial charge in [0.1, 0.15) is 54.3 Å². The third kappa shape index (κ3) is 6.00. The molecule has 0 bridgehead atoms. The minimum absolute atomic E-state index is 0.193. The number of nitrogens with one attached hydrogen (secondary N) is 1. The second kappa shape index (κ2) is 12.4. The summed E-state index contributed by atoms with van der Waals surface area (Å²) in [5.41, 5.74) is 1.76. The molecule has 1 saturated heterocycles. The lowest BCUT2D eigenvalue weighted by molar-refractivity contribution is -0.298. The van der Waals surface area contributed by atoms with E-state index in [9.17, 15) is 14.8 Å². The minimum Gasteiger partial charge on any atom is -0.493 e. The van der Waals surface area contributed by atoms with Crippen LogP contribution in [0.15, 0.2) is 36.4 Å². The van der Waals surface area contributed by atoms with Gasteiger partial charge in [-0.3, -0.25) is 0 Å². The SMILES string of the molecule is C=C(C)[C@H]1Cc2c(ccc3c2O[C@@H]2COc4cc(OC)c(OC)cc4[C@@H]2[C@@H]3OC(=O)[C@H](C)NC(=O)OC2CC(C)(C)N([O])C(C)(C)C2)O1. The van der Waals surface area contributed by atoms with Crippen LogP contribution in [0.25, 0.3) is 0 Å². The molecule has 2 aromatic rings. The zero-order valence-corrected chi connectivity index (χ0v) is 28.8. The average molecular weight is 666 g/mol. The first-order valence-corrected chi connectivity index (χ1v) is 16.3. The first-order chi connectivity index (χ1) is 22.6. The Bertz CT molecular complexity index is 1600. The van der Waals surface area contributed by atoms with Crippen molar-refractivity contribution in [3.63, 3.8) is 0 Å². The van der Waals surface area contributed by atoms with Crippen molar-refractivity contribution in [3.05, 3.63) is 53.1 Å². The Balaban J connectivity index is 1.27. The van der Waals surface area contributed by atoms with Gasteiger partial charge in [-0.2, -0.15) is 0 Å². The van der Waals surface area contributed by atoms with Crippen molar-refractivity contribution >= 4 is 12.1 Å². The van der Waals surface area contributed by atoms with E-state index in [4.69, 9.17) is 33.2 Å². The van der Waals surface area contributed by atoms with Crippen LogP contribution >= 0.6 is 0 Å². The molecule has 12 nitrogen and oxygen atoms in total. The number of ether oxygens (including phenoxy) is 7. The number of carbonyl (C=O) groups excluding carboxylic acids is 2. The van der Waals surface area contributed by atoms with E-state index in [2.05, 4.69) is 11.9 Å². The zero-order chi connectivity index (χ0) is 34.7. The molecule has 48 heavy (non-hydrogen) atoms. The summed E-state index contributed by atoms with van der Waals surface area (Å²) in [5, 5.41) is 16.5. The van der Waals surface area contributed by atoms with Crippen LogP contribution in [0, 0.1) is 0 Å². The van der Waals surface area contributed by atoms with Crippen LogP contribution in [-0.2, 0) is 25.9 Å². The van der Waals surface area contributed by atoms with Crippen molar-refractivity contribution in [2.45, 2.75) is 108 Å². The van der Waals surface area contributed by atoms with Gasteiger partial charge in [0.2, 0.25) is 0 Å². The van der Waals surface area contributed by atoms with E-state index < -0.39 is 53.4 Å². The molecule has 1 N–H and O–H groups in total. The molecule has 0 aromatic heterocycles. The highest BCUT2D eigenvalue weighted by Crippen LogP contribution is 2.55. The Morgan fingerprint density at radius 2 is 1.65 bits per heavy atom. The summed E-state index contributed by atoms with van der Waals surface area (Å²) in [6.45, 7) is 15.1. The molecule has 1 radical (unpaired) electrons. The van der Waals surface area contributed by atoms with E-state index in [1.165, 1.54) is 0 Å². The Morgan fingerprint density at radius 3 is 2.29 bits per heavy atom. The zero-order valence-electron chi connectivity index (χ0n) is 28.8. The second-order valence-corrected chi connectivity index (χ2v) is 14.4. The predicted octanol–water partition coefficient (Wildman–Crippen LogP) is 5.59. The number of piperidine rings is 1. The molecule has 0 saturated carbocycles. The number of hydrogen-bond donors (Lipinski definition) is 1. The lowest BCUT2D eigenvalue weighted by Gasteiger charge is -2.49. The second-order valence-electron chi connectivity index (χ2n) is 14.4. The molecule has 4 aliphatic rings. The molecule has 6 rings (SSSR count). The van der Waals surface area contributed by atoms with Crippen LogP contribution in [0.1, 0.15) is 83.1 Å². The maximum atomic E-state index is 13.8. The van der Waals surface area contributed by atoms with E-state index in [1.807, 2.05) is 52.8 Å². The maximum Gasteiger partial charge on any atom is 0.408 e. The molecule has 12 heteroatoms. The van der Waals surface area contributed by atoms with Crippen LogP contribution in [0.5, 0.6) is 28.7 Å². The fraction of sp³-hybridized carbons (Fsp3) is 0.556. The van der Waals surface area contributed by atoms with Crippen LogP contribution in [0.3, 0.4) is 0 Å². The number of hydroxylamine groups is 2. The molecule has 4 heterocycles. The van der Waals surface area contributed by atoms with Crippen molar-refractivity contribution in [1.29, 1.82) is 0 Å². The fourth-order valence-electron chi connectivity index (χ4n) is 7.54. The van der Waals surface area contributed by atoms with Gasteiger partial charge in [-0.25, -0.2) is 9.59 Å². The molecule has 0 aliphatic carbocycles. The van der Waals surface area contributed by atoms with Crippen LogP contribution in [0.2, 0.25) is 0 Å². The Hall–Kier alpha value is -4.16. The van der Waals surface area contributed by atoms with Crippen molar-refractivity contribution in [2.75, 3.05) is 20.8 Å². The molecule has 1 amide bonds. The topological polar surface area (TPSA) is 134 Å². The van der Waals surface area contributed by atoms with E-state index in [1.54, 1.807) is 27.2 Å². The fourth-order valence-corrected chi connectivity index (χ4v) is 7.54. The van der Waals surface area contributed by atoms with E-state index in [-0.39, 0.29) is 12.7 Å². The van der Waals surface area contributed by atoms with Crippen molar-refractivity contribution < 1.29 is 48.0 Å². The number of fused-ring (bicyclic) bond motifs is 6. The number of benzene rings is 2. The van der Waals surface area contributed by atoms with Gasteiger partial charge in [-0.1, -0.05) is 6.58 Å². The summed E-state index contributed by atoms with van der Waals surface area (Å²) in [6.07, 6.45) is -1.46. The monoisotopic (exact) mass is 665 g/mol. The number of rotatable bonds is 7. The Kier molecular flexibility index (Phi) is 8.70. The normalized spacial score (nSPS) is 25.7. The number of esters is 1. The number of methoxy groups -OCH3 is 2. The van der Waals surface area contributed by atoms with Gasteiger partial charge in [-0.05, 0) is 65.3 Å². The smallest absolute Gasteiger partial charge is 0.408 e. The molecule has 2 aromatic carbocycles. The molecule has 4 aliphatic heterocycles. The maximum absolute atomic E-state index is 13.8. The first-order valence-electron chi connectivity index (χ1n) is 16.3. The number of amides is 1. The summed E-state index contributed by atoms with van der Waals surface area (Å²) < 4.78 is 42.1. The summed E-state index contributed by atoms with van der Waals surface area (Å²) in [6, 6.07) is 6.26. The molecule has 1 fully saturated rings.